The lowest BCUT2D eigenvalue weighted by Gasteiger charge is -2.13. The van der Waals surface area contributed by atoms with Gasteiger partial charge in [-0.2, -0.15) is 5.10 Å². The Labute approximate surface area is 183 Å². The van der Waals surface area contributed by atoms with Gasteiger partial charge in [0.15, 0.2) is 0 Å². The van der Waals surface area contributed by atoms with Gasteiger partial charge in [-0.05, 0) is 47.5 Å². The number of hydrogen-bond acceptors (Lipinski definition) is 5. The van der Waals surface area contributed by atoms with Crippen LogP contribution in [0.15, 0.2) is 78.0 Å². The summed E-state index contributed by atoms with van der Waals surface area (Å²) in [5.74, 6) is 0. The summed E-state index contributed by atoms with van der Waals surface area (Å²) in [7, 11) is 4.03. The predicted octanol–water partition coefficient (Wildman–Crippen LogP) is 5.49. The monoisotopic (exact) mass is 420 g/mol. The molecule has 156 valence electrons. The standard InChI is InChI=1S/C25H20N6O/c1-31(2)18-9-17(12-26-13-18)15-3-4-22-21(10-15)24(30-29-22)23-11-20-19(16-6-8-32-14-16)5-7-27-25(20)28-23/h3-14H,1-2H3,(H,27,28)(H,29,30). The van der Waals surface area contributed by atoms with Gasteiger partial charge >= 0.3 is 0 Å². The number of nitrogens with one attached hydrogen (secondary N) is 2. The summed E-state index contributed by atoms with van der Waals surface area (Å²) in [4.78, 5) is 14.4. The van der Waals surface area contributed by atoms with E-state index in [1.165, 1.54) is 0 Å². The molecule has 6 aromatic rings. The summed E-state index contributed by atoms with van der Waals surface area (Å²) in [6, 6.07) is 14.5. The third-order valence-electron chi connectivity index (χ3n) is 5.76. The Hall–Kier alpha value is -4.39. The number of furan rings is 1. The molecule has 0 fully saturated rings. The first kappa shape index (κ1) is 18.4. The van der Waals surface area contributed by atoms with Crippen LogP contribution in [0.3, 0.4) is 0 Å². The number of aromatic amines is 2. The number of anilines is 1. The highest BCUT2D eigenvalue weighted by Gasteiger charge is 2.15. The first-order chi connectivity index (χ1) is 15.7. The minimum absolute atomic E-state index is 0.814. The molecule has 2 N–H and O–H groups in total. The molecule has 0 aliphatic heterocycles. The smallest absolute Gasteiger partial charge is 0.138 e. The largest absolute Gasteiger partial charge is 0.472 e. The highest BCUT2D eigenvalue weighted by molar-refractivity contribution is 6.00. The lowest BCUT2D eigenvalue weighted by Crippen LogP contribution is -2.08. The van der Waals surface area contributed by atoms with Gasteiger partial charge in [-0.25, -0.2) is 4.98 Å². The van der Waals surface area contributed by atoms with Crippen LogP contribution in [0.5, 0.6) is 0 Å². The van der Waals surface area contributed by atoms with Gasteiger partial charge in [0.05, 0.1) is 35.6 Å². The molecule has 0 aliphatic rings. The molecular weight excluding hydrogens is 400 g/mol. The summed E-state index contributed by atoms with van der Waals surface area (Å²) in [5.41, 5.74) is 8.85. The molecule has 5 aromatic heterocycles. The van der Waals surface area contributed by atoms with Crippen molar-refractivity contribution in [2.24, 2.45) is 0 Å². The molecule has 0 radical (unpaired) electrons. The van der Waals surface area contributed by atoms with Gasteiger partial charge in [-0.3, -0.25) is 10.1 Å². The lowest BCUT2D eigenvalue weighted by molar-refractivity contribution is 0.568. The van der Waals surface area contributed by atoms with Crippen molar-refractivity contribution in [3.8, 4) is 33.6 Å². The number of nitrogens with zero attached hydrogens (tertiary/aromatic N) is 4. The van der Waals surface area contributed by atoms with Crippen LogP contribution >= 0.6 is 0 Å². The quantitative estimate of drug-likeness (QED) is 0.394. The fourth-order valence-electron chi connectivity index (χ4n) is 4.05. The summed E-state index contributed by atoms with van der Waals surface area (Å²) < 4.78 is 5.28. The van der Waals surface area contributed by atoms with E-state index < -0.39 is 0 Å². The molecule has 1 aromatic carbocycles. The van der Waals surface area contributed by atoms with E-state index in [9.17, 15) is 0 Å². The van der Waals surface area contributed by atoms with Crippen LogP contribution in [0.1, 0.15) is 0 Å². The van der Waals surface area contributed by atoms with Crippen LogP contribution in [-0.2, 0) is 0 Å². The van der Waals surface area contributed by atoms with Crippen molar-refractivity contribution < 1.29 is 4.42 Å². The molecule has 0 bridgehead atoms. The molecule has 0 spiro atoms. The SMILES string of the molecule is CN(C)c1cncc(-c2ccc3[nH]nc(-c4cc5c(-c6ccoc6)ccnc5[nH]4)c3c2)c1. The summed E-state index contributed by atoms with van der Waals surface area (Å²) >= 11 is 0. The maximum atomic E-state index is 5.28. The van der Waals surface area contributed by atoms with E-state index in [0.717, 1.165) is 61.3 Å². The van der Waals surface area contributed by atoms with Crippen molar-refractivity contribution in [3.05, 3.63) is 73.6 Å². The Morgan fingerprint density at radius 2 is 1.84 bits per heavy atom. The molecule has 7 heteroatoms. The van der Waals surface area contributed by atoms with Crippen molar-refractivity contribution in [2.45, 2.75) is 0 Å². The van der Waals surface area contributed by atoms with Crippen molar-refractivity contribution in [1.29, 1.82) is 0 Å². The molecule has 0 unspecified atom stereocenters. The molecule has 0 amide bonds. The number of H-pyrrole nitrogens is 2. The molecule has 5 heterocycles. The average molecular weight is 420 g/mol. The number of benzene rings is 1. The Morgan fingerprint density at radius 3 is 2.69 bits per heavy atom. The Morgan fingerprint density at radius 1 is 0.906 bits per heavy atom. The van der Waals surface area contributed by atoms with Crippen LogP contribution in [0.4, 0.5) is 5.69 Å². The van der Waals surface area contributed by atoms with E-state index in [-0.39, 0.29) is 0 Å². The Kier molecular flexibility index (Phi) is 4.07. The van der Waals surface area contributed by atoms with Crippen molar-refractivity contribution in [1.82, 2.24) is 25.1 Å². The van der Waals surface area contributed by atoms with Crippen molar-refractivity contribution >= 4 is 27.6 Å². The van der Waals surface area contributed by atoms with E-state index >= 15 is 0 Å². The fourth-order valence-corrected chi connectivity index (χ4v) is 4.05. The molecule has 0 aliphatic carbocycles. The van der Waals surface area contributed by atoms with E-state index in [2.05, 4.69) is 55.5 Å². The topological polar surface area (TPSA) is 86.6 Å². The first-order valence-corrected chi connectivity index (χ1v) is 10.3. The number of pyridine rings is 2. The third-order valence-corrected chi connectivity index (χ3v) is 5.76. The van der Waals surface area contributed by atoms with Crippen LogP contribution in [0.2, 0.25) is 0 Å². The van der Waals surface area contributed by atoms with Gasteiger partial charge in [0, 0.05) is 48.4 Å². The zero-order chi connectivity index (χ0) is 21.7. The molecule has 7 nitrogen and oxygen atoms in total. The van der Waals surface area contributed by atoms with Crippen molar-refractivity contribution in [2.75, 3.05) is 19.0 Å². The second-order valence-electron chi connectivity index (χ2n) is 7.97. The van der Waals surface area contributed by atoms with E-state index in [1.807, 2.05) is 43.5 Å². The van der Waals surface area contributed by atoms with Crippen LogP contribution in [0, 0.1) is 0 Å². The van der Waals surface area contributed by atoms with Gasteiger partial charge in [0.2, 0.25) is 0 Å². The van der Waals surface area contributed by atoms with Gasteiger partial charge in [-0.1, -0.05) is 6.07 Å². The maximum Gasteiger partial charge on any atom is 0.138 e. The minimum Gasteiger partial charge on any atom is -0.472 e. The van der Waals surface area contributed by atoms with E-state index in [1.54, 1.807) is 18.7 Å². The highest BCUT2D eigenvalue weighted by atomic mass is 16.3. The van der Waals surface area contributed by atoms with Crippen LogP contribution < -0.4 is 4.90 Å². The lowest BCUT2D eigenvalue weighted by atomic mass is 10.0. The molecular formula is C25H20N6O. The third kappa shape index (κ3) is 2.94. The summed E-state index contributed by atoms with van der Waals surface area (Å²) in [6.45, 7) is 0. The normalized spacial score (nSPS) is 11.4. The average Bonchev–Trinajstić information content (AvgIpc) is 3.57. The van der Waals surface area contributed by atoms with Gasteiger partial charge in [0.1, 0.15) is 11.3 Å². The van der Waals surface area contributed by atoms with Gasteiger partial charge < -0.3 is 14.3 Å². The number of fused-ring (bicyclic) bond motifs is 2. The van der Waals surface area contributed by atoms with E-state index in [0.29, 0.717) is 0 Å². The summed E-state index contributed by atoms with van der Waals surface area (Å²) in [6.07, 6.45) is 8.97. The molecule has 0 saturated heterocycles. The number of rotatable bonds is 4. The molecule has 32 heavy (non-hydrogen) atoms. The number of aromatic nitrogens is 5. The molecule has 6 rings (SSSR count). The minimum atomic E-state index is 0.814. The second-order valence-corrected chi connectivity index (χ2v) is 7.97. The van der Waals surface area contributed by atoms with E-state index in [4.69, 9.17) is 4.42 Å². The van der Waals surface area contributed by atoms with Gasteiger partial charge in [-0.15, -0.1) is 0 Å². The maximum absolute atomic E-state index is 5.28. The van der Waals surface area contributed by atoms with Gasteiger partial charge in [0.25, 0.3) is 0 Å². The number of hydrogen-bond donors (Lipinski definition) is 2. The highest BCUT2D eigenvalue weighted by Crippen LogP contribution is 2.35. The summed E-state index contributed by atoms with van der Waals surface area (Å²) in [5, 5.41) is 9.82. The first-order valence-electron chi connectivity index (χ1n) is 10.3. The van der Waals surface area contributed by atoms with Crippen LogP contribution in [-0.4, -0.2) is 39.2 Å². The molecule has 0 saturated carbocycles. The second kappa shape index (κ2) is 7.09. The zero-order valence-electron chi connectivity index (χ0n) is 17.6. The Balaban J connectivity index is 1.49. The van der Waals surface area contributed by atoms with Crippen molar-refractivity contribution in [3.63, 3.8) is 0 Å². The zero-order valence-corrected chi connectivity index (χ0v) is 17.6. The predicted molar refractivity (Wildman–Crippen MR) is 126 cm³/mol. The fraction of sp³-hybridized carbons (Fsp3) is 0.0800. The van der Waals surface area contributed by atoms with Crippen LogP contribution in [0.25, 0.3) is 55.6 Å². The molecule has 0 atom stereocenters. The Bertz CT molecular complexity index is 1560.